The van der Waals surface area contributed by atoms with Crippen molar-refractivity contribution < 1.29 is 14.3 Å². The molecule has 8 heteroatoms. The van der Waals surface area contributed by atoms with Gasteiger partial charge in [0, 0.05) is 11.4 Å². The number of nitrogens with one attached hydrogen (secondary N) is 2. The van der Waals surface area contributed by atoms with E-state index in [2.05, 4.69) is 20.7 Å². The fraction of sp³-hybridized carbons (Fsp3) is 0.261. The molecule has 160 valence electrons. The first-order valence-electron chi connectivity index (χ1n) is 10.1. The van der Waals surface area contributed by atoms with Crippen LogP contribution in [-0.2, 0) is 4.79 Å². The van der Waals surface area contributed by atoms with Crippen molar-refractivity contribution in [2.45, 2.75) is 26.8 Å². The van der Waals surface area contributed by atoms with Gasteiger partial charge in [0.05, 0.1) is 19.3 Å². The number of allylic oxidation sites excluding steroid dienone is 1. The van der Waals surface area contributed by atoms with Gasteiger partial charge >= 0.3 is 0 Å². The number of aryl methyl sites for hydroxylation is 1. The van der Waals surface area contributed by atoms with Crippen molar-refractivity contribution in [3.63, 3.8) is 0 Å². The van der Waals surface area contributed by atoms with Crippen LogP contribution in [0, 0.1) is 6.92 Å². The first-order valence-corrected chi connectivity index (χ1v) is 10.1. The molecule has 2 heterocycles. The van der Waals surface area contributed by atoms with Crippen LogP contribution in [0.25, 0.3) is 0 Å². The highest BCUT2D eigenvalue weighted by Gasteiger charge is 2.34. The minimum Gasteiger partial charge on any atom is -0.493 e. The molecule has 0 spiro atoms. The molecule has 1 amide bonds. The van der Waals surface area contributed by atoms with Gasteiger partial charge in [-0.05, 0) is 50.1 Å². The summed E-state index contributed by atoms with van der Waals surface area (Å²) >= 11 is 0. The molecule has 3 aromatic rings. The average molecular weight is 419 g/mol. The van der Waals surface area contributed by atoms with Crippen molar-refractivity contribution in [3.8, 4) is 11.5 Å². The Morgan fingerprint density at radius 3 is 2.74 bits per heavy atom. The molecule has 2 aromatic carbocycles. The Morgan fingerprint density at radius 2 is 2.00 bits per heavy atom. The van der Waals surface area contributed by atoms with Crippen molar-refractivity contribution in [3.05, 3.63) is 71.2 Å². The van der Waals surface area contributed by atoms with Crippen LogP contribution in [0.15, 0.2) is 60.1 Å². The number of rotatable bonds is 6. The molecular weight excluding hydrogens is 394 g/mol. The number of carbonyl (C=O) groups excluding carboxylic acids is 1. The Labute approximate surface area is 180 Å². The molecule has 0 unspecified atom stereocenters. The first-order chi connectivity index (χ1) is 15.0. The van der Waals surface area contributed by atoms with E-state index < -0.39 is 6.04 Å². The Hall–Kier alpha value is -3.81. The SMILES string of the molecule is CCOc1ccc([C@@H]2C(C(=O)Nc3ccccc3C)=C(C)Nc3ncnn32)cc1OC. The molecule has 0 radical (unpaired) electrons. The largest absolute Gasteiger partial charge is 0.493 e. The standard InChI is InChI=1S/C23H25N5O3/c1-5-31-18-11-10-16(12-19(18)30-4)21-20(15(3)26-23-24-13-25-28(21)23)22(29)27-17-9-7-6-8-14(17)2/h6-13,21H,5H2,1-4H3,(H,27,29)(H,24,25,26)/t21-/m1/s1. The number of hydrogen-bond acceptors (Lipinski definition) is 6. The van der Waals surface area contributed by atoms with Gasteiger partial charge in [-0.2, -0.15) is 10.1 Å². The molecule has 4 rings (SSSR count). The van der Waals surface area contributed by atoms with E-state index in [1.165, 1.54) is 6.33 Å². The van der Waals surface area contributed by atoms with Crippen LogP contribution in [0.3, 0.4) is 0 Å². The van der Waals surface area contributed by atoms with E-state index in [-0.39, 0.29) is 5.91 Å². The average Bonchev–Trinajstić information content (AvgIpc) is 3.23. The van der Waals surface area contributed by atoms with Crippen molar-refractivity contribution in [2.75, 3.05) is 24.4 Å². The van der Waals surface area contributed by atoms with Gasteiger partial charge in [0.25, 0.3) is 5.91 Å². The second kappa shape index (κ2) is 8.51. The summed E-state index contributed by atoms with van der Waals surface area (Å²) in [5, 5.41) is 10.6. The quantitative estimate of drug-likeness (QED) is 0.629. The highest BCUT2D eigenvalue weighted by atomic mass is 16.5. The summed E-state index contributed by atoms with van der Waals surface area (Å²) in [7, 11) is 1.60. The normalized spacial score (nSPS) is 15.2. The lowest BCUT2D eigenvalue weighted by Crippen LogP contribution is -2.31. The molecule has 0 aliphatic carbocycles. The summed E-state index contributed by atoms with van der Waals surface area (Å²) in [4.78, 5) is 17.7. The summed E-state index contributed by atoms with van der Waals surface area (Å²) in [6.07, 6.45) is 1.47. The van der Waals surface area contributed by atoms with Gasteiger partial charge in [-0.1, -0.05) is 24.3 Å². The molecule has 1 atom stereocenters. The van der Waals surface area contributed by atoms with Crippen LogP contribution in [0.5, 0.6) is 11.5 Å². The number of carbonyl (C=O) groups is 1. The third-order valence-electron chi connectivity index (χ3n) is 5.24. The van der Waals surface area contributed by atoms with Crippen LogP contribution in [0.1, 0.15) is 31.0 Å². The monoisotopic (exact) mass is 419 g/mol. The maximum Gasteiger partial charge on any atom is 0.255 e. The van der Waals surface area contributed by atoms with Gasteiger partial charge < -0.3 is 20.1 Å². The molecule has 31 heavy (non-hydrogen) atoms. The maximum atomic E-state index is 13.4. The second-order valence-corrected chi connectivity index (χ2v) is 7.21. The molecule has 0 saturated carbocycles. The van der Waals surface area contributed by atoms with Crippen molar-refractivity contribution in [1.82, 2.24) is 14.8 Å². The van der Waals surface area contributed by atoms with Gasteiger partial charge in [0.1, 0.15) is 12.4 Å². The molecule has 0 fully saturated rings. The van der Waals surface area contributed by atoms with Gasteiger partial charge in [-0.25, -0.2) is 4.68 Å². The van der Waals surface area contributed by atoms with Gasteiger partial charge in [-0.3, -0.25) is 4.79 Å². The van der Waals surface area contributed by atoms with Gasteiger partial charge in [0.2, 0.25) is 5.95 Å². The predicted octanol–water partition coefficient (Wildman–Crippen LogP) is 3.92. The summed E-state index contributed by atoms with van der Waals surface area (Å²) in [5.74, 6) is 1.60. The third-order valence-corrected chi connectivity index (χ3v) is 5.24. The van der Waals surface area contributed by atoms with E-state index >= 15 is 0 Å². The number of amides is 1. The molecule has 2 N–H and O–H groups in total. The third kappa shape index (κ3) is 3.84. The molecule has 1 aromatic heterocycles. The van der Waals surface area contributed by atoms with Crippen molar-refractivity contribution in [2.24, 2.45) is 0 Å². The first kappa shape index (κ1) is 20.5. The Morgan fingerprint density at radius 1 is 1.19 bits per heavy atom. The number of fused-ring (bicyclic) bond motifs is 1. The van der Waals surface area contributed by atoms with E-state index in [4.69, 9.17) is 9.47 Å². The topological polar surface area (TPSA) is 90.3 Å². The smallest absolute Gasteiger partial charge is 0.255 e. The van der Waals surface area contributed by atoms with Gasteiger partial charge in [0.15, 0.2) is 11.5 Å². The van der Waals surface area contributed by atoms with E-state index in [1.54, 1.807) is 11.8 Å². The predicted molar refractivity (Wildman–Crippen MR) is 118 cm³/mol. The molecular formula is C23H25N5O3. The minimum atomic E-state index is -0.479. The summed E-state index contributed by atoms with van der Waals surface area (Å²) in [6, 6.07) is 12.8. The summed E-state index contributed by atoms with van der Waals surface area (Å²) in [5.41, 5.74) is 3.85. The fourth-order valence-electron chi connectivity index (χ4n) is 3.73. The van der Waals surface area contributed by atoms with Crippen LogP contribution >= 0.6 is 0 Å². The molecule has 1 aliphatic heterocycles. The summed E-state index contributed by atoms with van der Waals surface area (Å²) in [6.45, 7) is 6.27. The lowest BCUT2D eigenvalue weighted by atomic mass is 9.94. The molecule has 8 nitrogen and oxygen atoms in total. The van der Waals surface area contributed by atoms with Crippen molar-refractivity contribution in [1.29, 1.82) is 0 Å². The zero-order valence-corrected chi connectivity index (χ0v) is 18.0. The number of aromatic nitrogens is 3. The second-order valence-electron chi connectivity index (χ2n) is 7.21. The number of anilines is 2. The number of benzene rings is 2. The van der Waals surface area contributed by atoms with Crippen LogP contribution in [0.2, 0.25) is 0 Å². The highest BCUT2D eigenvalue weighted by Crippen LogP contribution is 2.38. The zero-order chi connectivity index (χ0) is 22.0. The van der Waals surface area contributed by atoms with E-state index in [0.29, 0.717) is 35.3 Å². The van der Waals surface area contributed by atoms with E-state index in [1.807, 2.05) is 63.2 Å². The molecule has 1 aliphatic rings. The fourth-order valence-corrected chi connectivity index (χ4v) is 3.73. The van der Waals surface area contributed by atoms with Crippen LogP contribution in [-0.4, -0.2) is 34.4 Å². The van der Waals surface area contributed by atoms with Crippen LogP contribution in [0.4, 0.5) is 11.6 Å². The number of methoxy groups -OCH3 is 1. The van der Waals surface area contributed by atoms with Gasteiger partial charge in [-0.15, -0.1) is 0 Å². The maximum absolute atomic E-state index is 13.4. The zero-order valence-electron chi connectivity index (χ0n) is 18.0. The number of nitrogens with zero attached hydrogens (tertiary/aromatic N) is 3. The lowest BCUT2D eigenvalue weighted by molar-refractivity contribution is -0.113. The number of ether oxygens (including phenoxy) is 2. The Balaban J connectivity index is 1.78. The summed E-state index contributed by atoms with van der Waals surface area (Å²) < 4.78 is 12.9. The molecule has 0 bridgehead atoms. The number of para-hydroxylation sites is 1. The minimum absolute atomic E-state index is 0.210. The number of hydrogen-bond donors (Lipinski definition) is 2. The molecule has 0 saturated heterocycles. The van der Waals surface area contributed by atoms with Crippen molar-refractivity contribution >= 4 is 17.5 Å². The Bertz CT molecular complexity index is 1150. The lowest BCUT2D eigenvalue weighted by Gasteiger charge is -2.29. The Kier molecular flexibility index (Phi) is 5.62. The van der Waals surface area contributed by atoms with E-state index in [9.17, 15) is 4.79 Å². The highest BCUT2D eigenvalue weighted by molar-refractivity contribution is 6.06. The van der Waals surface area contributed by atoms with Crippen LogP contribution < -0.4 is 20.1 Å². The van der Waals surface area contributed by atoms with E-state index in [0.717, 1.165) is 16.8 Å².